The average Bonchev–Trinajstić information content (AvgIpc) is 2.96. The van der Waals surface area contributed by atoms with E-state index in [1.165, 1.54) is 0 Å². The molecule has 0 saturated carbocycles. The number of hydrogen-bond donors (Lipinski definition) is 0. The molecule has 0 amide bonds. The Morgan fingerprint density at radius 3 is 2.76 bits per heavy atom. The molecule has 2 heterocycles. The van der Waals surface area contributed by atoms with Crippen molar-refractivity contribution in [2.75, 3.05) is 0 Å². The molecular formula is C17H14ClNO2. The molecule has 1 aromatic carbocycles. The highest BCUT2D eigenvalue weighted by Crippen LogP contribution is 2.32. The summed E-state index contributed by atoms with van der Waals surface area (Å²) in [6.07, 6.45) is 1.53. The molecule has 0 fully saturated rings. The Hall–Kier alpha value is -2.13. The molecule has 106 valence electrons. The molecule has 0 aliphatic carbocycles. The Bertz CT molecular complexity index is 836. The van der Waals surface area contributed by atoms with E-state index in [2.05, 4.69) is 11.9 Å². The van der Waals surface area contributed by atoms with Crippen molar-refractivity contribution in [2.24, 2.45) is 0 Å². The third-order valence-electron chi connectivity index (χ3n) is 3.60. The van der Waals surface area contributed by atoms with Gasteiger partial charge in [0.1, 0.15) is 5.76 Å². The van der Waals surface area contributed by atoms with Crippen molar-refractivity contribution in [1.82, 2.24) is 4.98 Å². The van der Waals surface area contributed by atoms with Crippen LogP contribution in [0.25, 0.3) is 22.2 Å². The number of benzene rings is 1. The minimum absolute atomic E-state index is 0.312. The van der Waals surface area contributed by atoms with Crippen LogP contribution >= 0.6 is 11.6 Å². The van der Waals surface area contributed by atoms with Crippen LogP contribution in [0.3, 0.4) is 0 Å². The van der Waals surface area contributed by atoms with E-state index in [1.54, 1.807) is 12.1 Å². The Balaban J connectivity index is 2.21. The van der Waals surface area contributed by atoms with Crippen LogP contribution in [0.1, 0.15) is 28.7 Å². The Morgan fingerprint density at radius 2 is 2.10 bits per heavy atom. The van der Waals surface area contributed by atoms with Crippen LogP contribution in [-0.4, -0.2) is 11.3 Å². The van der Waals surface area contributed by atoms with Gasteiger partial charge < -0.3 is 4.42 Å². The maximum absolute atomic E-state index is 10.7. The summed E-state index contributed by atoms with van der Waals surface area (Å²) in [6.45, 7) is 4.04. The van der Waals surface area contributed by atoms with Crippen molar-refractivity contribution < 1.29 is 9.21 Å². The summed E-state index contributed by atoms with van der Waals surface area (Å²) in [4.78, 5) is 15.3. The second-order valence-electron chi connectivity index (χ2n) is 4.90. The number of halogens is 1. The lowest BCUT2D eigenvalue weighted by atomic mass is 10.0. The summed E-state index contributed by atoms with van der Waals surface area (Å²) >= 11 is 6.51. The number of aromatic nitrogens is 1. The van der Waals surface area contributed by atoms with Crippen molar-refractivity contribution in [1.29, 1.82) is 0 Å². The highest BCUT2D eigenvalue weighted by Gasteiger charge is 2.12. The molecule has 3 nitrogen and oxygen atoms in total. The molecule has 2 aromatic heterocycles. The van der Waals surface area contributed by atoms with Crippen molar-refractivity contribution in [3.8, 4) is 11.3 Å². The fourth-order valence-electron chi connectivity index (χ4n) is 2.51. The first-order valence-electron chi connectivity index (χ1n) is 6.78. The Kier molecular flexibility index (Phi) is 3.52. The topological polar surface area (TPSA) is 43.1 Å². The van der Waals surface area contributed by atoms with Crippen LogP contribution < -0.4 is 0 Å². The van der Waals surface area contributed by atoms with Gasteiger partial charge in [-0.15, -0.1) is 0 Å². The van der Waals surface area contributed by atoms with Crippen LogP contribution in [0.5, 0.6) is 0 Å². The first-order chi connectivity index (χ1) is 10.1. The van der Waals surface area contributed by atoms with Gasteiger partial charge in [-0.3, -0.25) is 9.78 Å². The Morgan fingerprint density at radius 1 is 1.29 bits per heavy atom. The summed E-state index contributed by atoms with van der Waals surface area (Å²) in [5, 5.41) is 1.64. The number of carbonyl (C=O) groups excluding carboxylic acids is 1. The molecule has 0 unspecified atom stereocenters. The van der Waals surface area contributed by atoms with Gasteiger partial charge in [0.25, 0.3) is 0 Å². The Labute approximate surface area is 127 Å². The summed E-state index contributed by atoms with van der Waals surface area (Å²) in [6, 6.07) is 9.23. The third kappa shape index (κ3) is 2.34. The molecule has 0 bridgehead atoms. The van der Waals surface area contributed by atoms with Gasteiger partial charge in [-0.1, -0.05) is 18.5 Å². The maximum Gasteiger partial charge on any atom is 0.185 e. The van der Waals surface area contributed by atoms with Crippen LogP contribution in [0.2, 0.25) is 5.02 Å². The molecule has 0 spiro atoms. The van der Waals surface area contributed by atoms with E-state index in [1.807, 2.05) is 25.1 Å². The minimum Gasteiger partial charge on any atom is -0.453 e. The van der Waals surface area contributed by atoms with Gasteiger partial charge in [0, 0.05) is 16.6 Å². The SMILES string of the molecule is CCc1c(C)nc2ccc(-c3ccc(C=O)o3)cc2c1Cl. The summed E-state index contributed by atoms with van der Waals surface area (Å²) < 4.78 is 5.46. The smallest absolute Gasteiger partial charge is 0.185 e. The molecule has 3 aromatic rings. The lowest BCUT2D eigenvalue weighted by Crippen LogP contribution is -1.94. The minimum atomic E-state index is 0.312. The summed E-state index contributed by atoms with van der Waals surface area (Å²) in [7, 11) is 0. The molecule has 0 aliphatic rings. The summed E-state index contributed by atoms with van der Waals surface area (Å²) in [5.41, 5.74) is 3.77. The number of hydrogen-bond acceptors (Lipinski definition) is 3. The normalized spacial score (nSPS) is 11.0. The predicted molar refractivity (Wildman–Crippen MR) is 84.0 cm³/mol. The molecule has 0 aliphatic heterocycles. The maximum atomic E-state index is 10.7. The fourth-order valence-corrected chi connectivity index (χ4v) is 2.94. The number of aldehydes is 1. The van der Waals surface area contributed by atoms with E-state index in [4.69, 9.17) is 16.0 Å². The lowest BCUT2D eigenvalue weighted by Gasteiger charge is -2.10. The first kappa shape index (κ1) is 13.8. The highest BCUT2D eigenvalue weighted by molar-refractivity contribution is 6.36. The standard InChI is InChI=1S/C17H14ClNO2/c1-3-13-10(2)19-15-6-4-11(8-14(15)17(13)18)16-7-5-12(9-20)21-16/h4-9H,3H2,1-2H3. The fraction of sp³-hybridized carbons (Fsp3) is 0.176. The number of furan rings is 1. The molecule has 4 heteroatoms. The first-order valence-corrected chi connectivity index (χ1v) is 7.16. The van der Waals surface area contributed by atoms with Crippen molar-refractivity contribution in [2.45, 2.75) is 20.3 Å². The summed E-state index contributed by atoms with van der Waals surface area (Å²) in [5.74, 6) is 0.959. The molecule has 0 radical (unpaired) electrons. The molecule has 0 atom stereocenters. The van der Waals surface area contributed by atoms with E-state index in [9.17, 15) is 4.79 Å². The average molecular weight is 300 g/mol. The van der Waals surface area contributed by atoms with Gasteiger partial charge >= 0.3 is 0 Å². The molecule has 21 heavy (non-hydrogen) atoms. The zero-order chi connectivity index (χ0) is 15.0. The van der Waals surface area contributed by atoms with Gasteiger partial charge in [-0.2, -0.15) is 0 Å². The molecular weight excluding hydrogens is 286 g/mol. The largest absolute Gasteiger partial charge is 0.453 e. The third-order valence-corrected chi connectivity index (χ3v) is 4.04. The van der Waals surface area contributed by atoms with Crippen LogP contribution in [-0.2, 0) is 6.42 Å². The van der Waals surface area contributed by atoms with Crippen molar-refractivity contribution in [3.05, 3.63) is 52.4 Å². The second-order valence-corrected chi connectivity index (χ2v) is 5.27. The molecule has 0 saturated heterocycles. The van der Waals surface area contributed by atoms with Crippen molar-refractivity contribution >= 4 is 28.8 Å². The van der Waals surface area contributed by atoms with E-state index < -0.39 is 0 Å². The highest BCUT2D eigenvalue weighted by atomic mass is 35.5. The quantitative estimate of drug-likeness (QED) is 0.650. The van der Waals surface area contributed by atoms with Crippen LogP contribution in [0, 0.1) is 6.92 Å². The zero-order valence-electron chi connectivity index (χ0n) is 11.8. The molecule has 0 N–H and O–H groups in total. The number of aryl methyl sites for hydroxylation is 1. The van der Waals surface area contributed by atoms with Gasteiger partial charge in [0.05, 0.1) is 10.5 Å². The number of rotatable bonds is 3. The van der Waals surface area contributed by atoms with E-state index in [0.29, 0.717) is 17.8 Å². The van der Waals surface area contributed by atoms with E-state index in [-0.39, 0.29) is 0 Å². The van der Waals surface area contributed by atoms with Crippen molar-refractivity contribution in [3.63, 3.8) is 0 Å². The van der Waals surface area contributed by atoms with Gasteiger partial charge in [0.15, 0.2) is 12.0 Å². The molecule has 3 rings (SSSR count). The number of carbonyl (C=O) groups is 1. The number of pyridine rings is 1. The number of nitrogens with zero attached hydrogens (tertiary/aromatic N) is 1. The zero-order valence-corrected chi connectivity index (χ0v) is 12.6. The van der Waals surface area contributed by atoms with Gasteiger partial charge in [0.2, 0.25) is 0 Å². The van der Waals surface area contributed by atoms with Gasteiger partial charge in [-0.05, 0) is 49.2 Å². The number of fused-ring (bicyclic) bond motifs is 1. The van der Waals surface area contributed by atoms with E-state index >= 15 is 0 Å². The lowest BCUT2D eigenvalue weighted by molar-refractivity contribution is 0.110. The second kappa shape index (κ2) is 5.34. The van der Waals surface area contributed by atoms with Crippen LogP contribution in [0.4, 0.5) is 0 Å². The predicted octanol–water partition coefficient (Wildman–Crippen LogP) is 4.83. The monoisotopic (exact) mass is 299 g/mol. The van der Waals surface area contributed by atoms with Crippen LogP contribution in [0.15, 0.2) is 34.7 Å². The van der Waals surface area contributed by atoms with Gasteiger partial charge in [-0.25, -0.2) is 0 Å². The van der Waals surface area contributed by atoms with E-state index in [0.717, 1.165) is 39.2 Å².